The van der Waals surface area contributed by atoms with Crippen molar-refractivity contribution >= 4 is 22.4 Å². The van der Waals surface area contributed by atoms with Crippen molar-refractivity contribution in [3.05, 3.63) is 34.3 Å². The van der Waals surface area contributed by atoms with Gasteiger partial charge in [-0.25, -0.2) is 0 Å². The number of carbonyl (C=O) groups excluding carboxylic acids is 1. The first-order chi connectivity index (χ1) is 10.1. The molecule has 1 N–H and O–H groups in total. The number of nitrogens with one attached hydrogen (secondary N) is 1. The van der Waals surface area contributed by atoms with E-state index in [4.69, 9.17) is 4.74 Å². The van der Waals surface area contributed by atoms with Crippen LogP contribution in [0.2, 0.25) is 0 Å². The number of hydrogen-bond donors (Lipinski definition) is 1. The molecule has 0 aliphatic heterocycles. The molecule has 0 fully saturated rings. The normalized spacial score (nSPS) is 10.4. The van der Waals surface area contributed by atoms with Crippen LogP contribution in [0.15, 0.2) is 18.2 Å². The van der Waals surface area contributed by atoms with Crippen molar-refractivity contribution < 1.29 is 9.53 Å². The van der Waals surface area contributed by atoms with E-state index >= 15 is 0 Å². The molecule has 21 heavy (non-hydrogen) atoms. The van der Waals surface area contributed by atoms with E-state index in [-0.39, 0.29) is 5.91 Å². The third kappa shape index (κ3) is 4.26. The molecule has 1 heterocycles. The van der Waals surface area contributed by atoms with Crippen LogP contribution in [0.25, 0.3) is 0 Å². The van der Waals surface area contributed by atoms with Gasteiger partial charge in [-0.15, -0.1) is 10.2 Å². The van der Waals surface area contributed by atoms with Crippen LogP contribution in [0.4, 0.5) is 5.13 Å². The number of aromatic nitrogens is 2. The molecule has 1 aromatic carbocycles. The number of rotatable bonds is 6. The van der Waals surface area contributed by atoms with Gasteiger partial charge in [-0.3, -0.25) is 4.79 Å². The lowest BCUT2D eigenvalue weighted by molar-refractivity contribution is -0.116. The Kier molecular flexibility index (Phi) is 5.27. The van der Waals surface area contributed by atoms with Crippen LogP contribution in [0, 0.1) is 13.8 Å². The number of carbonyl (C=O) groups is 1. The van der Waals surface area contributed by atoms with E-state index in [0.717, 1.165) is 22.7 Å². The molecule has 2 aromatic rings. The number of aryl methyl sites for hydroxylation is 1. The maximum absolute atomic E-state index is 11.5. The Morgan fingerprint density at radius 2 is 2.14 bits per heavy atom. The molecular formula is C15H19N3O2S. The largest absolute Gasteiger partial charge is 0.486 e. The molecule has 0 saturated heterocycles. The third-order valence-electron chi connectivity index (χ3n) is 3.10. The van der Waals surface area contributed by atoms with Gasteiger partial charge in [-0.05, 0) is 37.5 Å². The lowest BCUT2D eigenvalue weighted by atomic mass is 10.1. The summed E-state index contributed by atoms with van der Waals surface area (Å²) in [7, 11) is 0. The zero-order valence-corrected chi connectivity index (χ0v) is 13.3. The van der Waals surface area contributed by atoms with Crippen molar-refractivity contribution in [2.24, 2.45) is 0 Å². The van der Waals surface area contributed by atoms with Gasteiger partial charge in [0.1, 0.15) is 12.4 Å². The minimum absolute atomic E-state index is 0.0318. The van der Waals surface area contributed by atoms with Crippen LogP contribution in [0.5, 0.6) is 5.75 Å². The number of nitrogens with zero attached hydrogens (tertiary/aromatic N) is 2. The number of hydrogen-bond acceptors (Lipinski definition) is 5. The summed E-state index contributed by atoms with van der Waals surface area (Å²) >= 11 is 1.34. The van der Waals surface area contributed by atoms with Crippen molar-refractivity contribution in [2.75, 3.05) is 5.32 Å². The van der Waals surface area contributed by atoms with Crippen LogP contribution in [-0.4, -0.2) is 16.1 Å². The number of anilines is 1. The van der Waals surface area contributed by atoms with Gasteiger partial charge >= 0.3 is 0 Å². The molecule has 0 aliphatic rings. The minimum Gasteiger partial charge on any atom is -0.486 e. The van der Waals surface area contributed by atoms with Gasteiger partial charge < -0.3 is 10.1 Å². The summed E-state index contributed by atoms with van der Waals surface area (Å²) in [5, 5.41) is 12.0. The molecule has 6 heteroatoms. The van der Waals surface area contributed by atoms with Crippen molar-refractivity contribution in [1.29, 1.82) is 0 Å². The monoisotopic (exact) mass is 305 g/mol. The average molecular weight is 305 g/mol. The summed E-state index contributed by atoms with van der Waals surface area (Å²) in [5.74, 6) is 0.817. The molecule has 112 valence electrons. The SMILES string of the molecule is CCCC(=O)Nc1nnc(COc2cccc(C)c2C)s1. The Labute approximate surface area is 128 Å². The molecule has 1 aromatic heterocycles. The van der Waals surface area contributed by atoms with E-state index in [1.807, 2.05) is 26.0 Å². The van der Waals surface area contributed by atoms with Crippen molar-refractivity contribution in [1.82, 2.24) is 10.2 Å². The Bertz CT molecular complexity index is 625. The van der Waals surface area contributed by atoms with E-state index in [1.165, 1.54) is 16.9 Å². The summed E-state index contributed by atoms with van der Waals surface area (Å²) in [6.07, 6.45) is 1.31. The Morgan fingerprint density at radius 3 is 2.90 bits per heavy atom. The summed E-state index contributed by atoms with van der Waals surface area (Å²) in [5.41, 5.74) is 2.32. The van der Waals surface area contributed by atoms with E-state index in [2.05, 4.69) is 28.5 Å². The first-order valence-electron chi connectivity index (χ1n) is 6.91. The summed E-state index contributed by atoms with van der Waals surface area (Å²) in [4.78, 5) is 11.5. The molecular weight excluding hydrogens is 286 g/mol. The van der Waals surface area contributed by atoms with Crippen LogP contribution in [0.1, 0.15) is 35.9 Å². The standard InChI is InChI=1S/C15H19N3O2S/c1-4-6-13(19)16-15-18-17-14(21-15)9-20-12-8-5-7-10(2)11(12)3/h5,7-8H,4,6,9H2,1-3H3,(H,16,18,19). The van der Waals surface area contributed by atoms with Crippen LogP contribution < -0.4 is 10.1 Å². The highest BCUT2D eigenvalue weighted by atomic mass is 32.1. The molecule has 0 spiro atoms. The number of benzene rings is 1. The van der Waals surface area contributed by atoms with Gasteiger partial charge in [-0.2, -0.15) is 0 Å². The summed E-state index contributed by atoms with van der Waals surface area (Å²) in [6, 6.07) is 5.95. The molecule has 0 aliphatic carbocycles. The number of amides is 1. The van der Waals surface area contributed by atoms with E-state index in [9.17, 15) is 4.79 Å². The molecule has 0 atom stereocenters. The summed E-state index contributed by atoms with van der Waals surface area (Å²) in [6.45, 7) is 6.39. The lowest BCUT2D eigenvalue weighted by Gasteiger charge is -2.08. The van der Waals surface area contributed by atoms with Gasteiger partial charge in [0.2, 0.25) is 11.0 Å². The lowest BCUT2D eigenvalue weighted by Crippen LogP contribution is -2.10. The maximum atomic E-state index is 11.5. The van der Waals surface area contributed by atoms with Gasteiger partial charge in [0.15, 0.2) is 5.01 Å². The van der Waals surface area contributed by atoms with Crippen LogP contribution in [-0.2, 0) is 11.4 Å². The molecule has 0 bridgehead atoms. The minimum atomic E-state index is -0.0318. The molecule has 1 amide bonds. The van der Waals surface area contributed by atoms with Crippen molar-refractivity contribution in [3.63, 3.8) is 0 Å². The Hall–Kier alpha value is -1.95. The van der Waals surface area contributed by atoms with Crippen LogP contribution in [0.3, 0.4) is 0 Å². The highest BCUT2D eigenvalue weighted by Gasteiger charge is 2.09. The van der Waals surface area contributed by atoms with E-state index in [0.29, 0.717) is 18.2 Å². The summed E-state index contributed by atoms with van der Waals surface area (Å²) < 4.78 is 5.76. The zero-order valence-electron chi connectivity index (χ0n) is 12.5. The van der Waals surface area contributed by atoms with Gasteiger partial charge in [0, 0.05) is 6.42 Å². The zero-order chi connectivity index (χ0) is 15.2. The second-order valence-electron chi connectivity index (χ2n) is 4.79. The number of ether oxygens (including phenoxy) is 1. The third-order valence-corrected chi connectivity index (χ3v) is 3.91. The second kappa shape index (κ2) is 7.17. The Morgan fingerprint density at radius 1 is 1.33 bits per heavy atom. The Balaban J connectivity index is 1.94. The first-order valence-corrected chi connectivity index (χ1v) is 7.73. The van der Waals surface area contributed by atoms with Crippen molar-refractivity contribution in [3.8, 4) is 5.75 Å². The smallest absolute Gasteiger partial charge is 0.226 e. The average Bonchev–Trinajstić information content (AvgIpc) is 2.88. The highest BCUT2D eigenvalue weighted by Crippen LogP contribution is 2.23. The first kappa shape index (κ1) is 15.4. The van der Waals surface area contributed by atoms with Gasteiger partial charge in [0.25, 0.3) is 0 Å². The molecule has 5 nitrogen and oxygen atoms in total. The molecule has 2 rings (SSSR count). The fourth-order valence-electron chi connectivity index (χ4n) is 1.79. The maximum Gasteiger partial charge on any atom is 0.226 e. The molecule has 0 unspecified atom stereocenters. The quantitative estimate of drug-likeness (QED) is 0.887. The van der Waals surface area contributed by atoms with Crippen molar-refractivity contribution in [2.45, 2.75) is 40.2 Å². The predicted molar refractivity (Wildman–Crippen MR) is 83.7 cm³/mol. The van der Waals surface area contributed by atoms with Gasteiger partial charge in [-0.1, -0.05) is 30.4 Å². The highest BCUT2D eigenvalue weighted by molar-refractivity contribution is 7.15. The molecule has 0 saturated carbocycles. The van der Waals surface area contributed by atoms with Crippen LogP contribution >= 0.6 is 11.3 Å². The topological polar surface area (TPSA) is 64.1 Å². The van der Waals surface area contributed by atoms with E-state index in [1.54, 1.807) is 0 Å². The predicted octanol–water partition coefficient (Wildman–Crippen LogP) is 3.47. The fraction of sp³-hybridized carbons (Fsp3) is 0.400. The molecule has 0 radical (unpaired) electrons. The van der Waals surface area contributed by atoms with E-state index < -0.39 is 0 Å². The van der Waals surface area contributed by atoms with Gasteiger partial charge in [0.05, 0.1) is 0 Å². The second-order valence-corrected chi connectivity index (χ2v) is 5.85. The fourth-order valence-corrected chi connectivity index (χ4v) is 2.46.